The van der Waals surface area contributed by atoms with Crippen LogP contribution in [0.4, 0.5) is 0 Å². The molecule has 0 aliphatic heterocycles. The van der Waals surface area contributed by atoms with Crippen molar-refractivity contribution in [2.75, 3.05) is 0 Å². The maximum atomic E-state index is 11.9. The van der Waals surface area contributed by atoms with E-state index in [9.17, 15) is 9.59 Å². The second-order valence-corrected chi connectivity index (χ2v) is 9.25. The molecule has 0 bridgehead atoms. The van der Waals surface area contributed by atoms with Crippen molar-refractivity contribution in [3.8, 4) is 0 Å². The first-order valence-corrected chi connectivity index (χ1v) is 13.7. The quantitative estimate of drug-likeness (QED) is 0.0902. The van der Waals surface area contributed by atoms with Crippen LogP contribution in [0.3, 0.4) is 0 Å². The van der Waals surface area contributed by atoms with E-state index in [-0.39, 0.29) is 12.4 Å². The fourth-order valence-electron chi connectivity index (χ4n) is 4.01. The van der Waals surface area contributed by atoms with Gasteiger partial charge in [-0.3, -0.25) is 9.59 Å². The molecule has 32 heavy (non-hydrogen) atoms. The van der Waals surface area contributed by atoms with Gasteiger partial charge in [-0.1, -0.05) is 109 Å². The van der Waals surface area contributed by atoms with Gasteiger partial charge in [-0.15, -0.1) is 0 Å². The van der Waals surface area contributed by atoms with Crippen LogP contribution in [0.15, 0.2) is 12.2 Å². The van der Waals surface area contributed by atoms with E-state index in [4.69, 9.17) is 9.84 Å². The van der Waals surface area contributed by atoms with Crippen molar-refractivity contribution in [3.05, 3.63) is 12.2 Å². The molecular weight excluding hydrogens is 400 g/mol. The van der Waals surface area contributed by atoms with E-state index >= 15 is 0 Å². The van der Waals surface area contributed by atoms with Crippen LogP contribution in [0, 0.1) is 0 Å². The Morgan fingerprint density at radius 2 is 1.16 bits per heavy atom. The number of carbonyl (C=O) groups excluding carboxylic acids is 1. The highest BCUT2D eigenvalue weighted by Gasteiger charge is 2.16. The summed E-state index contributed by atoms with van der Waals surface area (Å²) in [5.74, 6) is -1.15. The normalized spacial score (nSPS) is 12.3. The molecular formula is C28H52O4. The molecule has 0 aliphatic rings. The highest BCUT2D eigenvalue weighted by molar-refractivity contribution is 5.71. The number of allylic oxidation sites excluding steroid dienone is 2. The zero-order valence-electron chi connectivity index (χ0n) is 21.3. The van der Waals surface area contributed by atoms with Gasteiger partial charge in [0.1, 0.15) is 6.10 Å². The minimum Gasteiger partial charge on any atom is -0.481 e. The molecule has 0 aromatic heterocycles. The summed E-state index contributed by atoms with van der Waals surface area (Å²) in [5.41, 5.74) is 0. The van der Waals surface area contributed by atoms with Crippen molar-refractivity contribution in [2.24, 2.45) is 0 Å². The summed E-state index contributed by atoms with van der Waals surface area (Å²) in [4.78, 5) is 22.7. The third kappa shape index (κ3) is 23.3. The van der Waals surface area contributed by atoms with E-state index in [2.05, 4.69) is 19.1 Å². The van der Waals surface area contributed by atoms with Gasteiger partial charge in [0.05, 0.1) is 6.42 Å². The number of aliphatic carboxylic acids is 1. The number of esters is 1. The van der Waals surface area contributed by atoms with Gasteiger partial charge < -0.3 is 9.84 Å². The number of carbonyl (C=O) groups is 2. The van der Waals surface area contributed by atoms with Crippen molar-refractivity contribution >= 4 is 11.9 Å². The monoisotopic (exact) mass is 452 g/mol. The van der Waals surface area contributed by atoms with E-state index in [1.165, 1.54) is 96.3 Å². The van der Waals surface area contributed by atoms with Crippen molar-refractivity contribution in [3.63, 3.8) is 0 Å². The maximum absolute atomic E-state index is 11.9. The SMILES string of the molecule is CCCCCCCC/C=C\CCCCCCCCCCCC(=O)OC(CCC)CC(=O)O. The highest BCUT2D eigenvalue weighted by Crippen LogP contribution is 2.14. The second kappa shape index (κ2) is 24.3. The van der Waals surface area contributed by atoms with Crippen LogP contribution in [-0.4, -0.2) is 23.1 Å². The number of hydrogen-bond acceptors (Lipinski definition) is 3. The first-order valence-electron chi connectivity index (χ1n) is 13.7. The molecule has 4 heteroatoms. The van der Waals surface area contributed by atoms with E-state index in [0.717, 1.165) is 19.3 Å². The fourth-order valence-corrected chi connectivity index (χ4v) is 4.01. The summed E-state index contributed by atoms with van der Waals surface area (Å²) in [7, 11) is 0. The van der Waals surface area contributed by atoms with Crippen molar-refractivity contribution < 1.29 is 19.4 Å². The maximum Gasteiger partial charge on any atom is 0.307 e. The van der Waals surface area contributed by atoms with Gasteiger partial charge >= 0.3 is 11.9 Å². The molecule has 0 spiro atoms. The Kier molecular flexibility index (Phi) is 23.3. The average Bonchev–Trinajstić information content (AvgIpc) is 2.75. The average molecular weight is 453 g/mol. The summed E-state index contributed by atoms with van der Waals surface area (Å²) in [6, 6.07) is 0. The van der Waals surface area contributed by atoms with Gasteiger partial charge in [0, 0.05) is 6.42 Å². The highest BCUT2D eigenvalue weighted by atomic mass is 16.5. The Hall–Kier alpha value is -1.32. The molecule has 188 valence electrons. The minimum absolute atomic E-state index is 0.0882. The number of carboxylic acid groups (broad SMARTS) is 1. The molecule has 1 atom stereocenters. The lowest BCUT2D eigenvalue weighted by atomic mass is 10.1. The van der Waals surface area contributed by atoms with Crippen LogP contribution in [0.25, 0.3) is 0 Å². The van der Waals surface area contributed by atoms with Crippen LogP contribution >= 0.6 is 0 Å². The van der Waals surface area contributed by atoms with Crippen LogP contribution in [0.1, 0.15) is 149 Å². The van der Waals surface area contributed by atoms with Crippen molar-refractivity contribution in [1.82, 2.24) is 0 Å². The number of rotatable bonds is 24. The van der Waals surface area contributed by atoms with Crippen molar-refractivity contribution in [1.29, 1.82) is 0 Å². The standard InChI is InChI=1S/C28H52O4/c1-3-5-6-7-8-9-10-11-12-13-14-15-16-17-18-19-20-21-22-24-28(31)32-26(23-4-2)25-27(29)30/h11-12,26H,3-10,13-25H2,1-2H3,(H,29,30)/b12-11-. The number of unbranched alkanes of at least 4 members (excludes halogenated alkanes) is 15. The van der Waals surface area contributed by atoms with Crippen LogP contribution in [0.5, 0.6) is 0 Å². The Bertz CT molecular complexity index is 458. The van der Waals surface area contributed by atoms with E-state index in [1.807, 2.05) is 6.92 Å². The summed E-state index contributed by atoms with van der Waals surface area (Å²) >= 11 is 0. The molecule has 0 heterocycles. The summed E-state index contributed by atoms with van der Waals surface area (Å²) in [6.45, 7) is 4.24. The summed E-state index contributed by atoms with van der Waals surface area (Å²) in [5, 5.41) is 8.87. The Morgan fingerprint density at radius 1 is 0.688 bits per heavy atom. The molecule has 0 aliphatic carbocycles. The van der Waals surface area contributed by atoms with Gasteiger partial charge in [0.25, 0.3) is 0 Å². The molecule has 0 fully saturated rings. The van der Waals surface area contributed by atoms with Gasteiger partial charge in [-0.2, -0.15) is 0 Å². The molecule has 0 aromatic carbocycles. The van der Waals surface area contributed by atoms with E-state index in [1.54, 1.807) is 0 Å². The van der Waals surface area contributed by atoms with Crippen LogP contribution in [-0.2, 0) is 14.3 Å². The number of hydrogen-bond donors (Lipinski definition) is 1. The van der Waals surface area contributed by atoms with Gasteiger partial charge in [0.15, 0.2) is 0 Å². The van der Waals surface area contributed by atoms with Crippen molar-refractivity contribution in [2.45, 2.75) is 155 Å². The number of ether oxygens (including phenoxy) is 1. The predicted octanol–water partition coefficient (Wildman–Crippen LogP) is 8.77. The first-order chi connectivity index (χ1) is 15.6. The van der Waals surface area contributed by atoms with Crippen LogP contribution in [0.2, 0.25) is 0 Å². The fraction of sp³-hybridized carbons (Fsp3) is 0.857. The van der Waals surface area contributed by atoms with Gasteiger partial charge in [-0.05, 0) is 38.5 Å². The molecule has 0 saturated carbocycles. The Labute approximate surface area is 198 Å². The predicted molar refractivity (Wildman–Crippen MR) is 135 cm³/mol. The summed E-state index contributed by atoms with van der Waals surface area (Å²) in [6.07, 6.45) is 27.7. The smallest absolute Gasteiger partial charge is 0.307 e. The zero-order valence-corrected chi connectivity index (χ0v) is 21.3. The third-order valence-corrected chi connectivity index (χ3v) is 5.95. The number of carboxylic acids is 1. The molecule has 0 rings (SSSR count). The first kappa shape index (κ1) is 30.7. The van der Waals surface area contributed by atoms with Gasteiger partial charge in [0.2, 0.25) is 0 Å². The Morgan fingerprint density at radius 3 is 1.62 bits per heavy atom. The topological polar surface area (TPSA) is 63.6 Å². The lowest BCUT2D eigenvalue weighted by Gasteiger charge is -2.15. The zero-order chi connectivity index (χ0) is 23.7. The van der Waals surface area contributed by atoms with Gasteiger partial charge in [-0.25, -0.2) is 0 Å². The summed E-state index contributed by atoms with van der Waals surface area (Å²) < 4.78 is 5.31. The lowest BCUT2D eigenvalue weighted by Crippen LogP contribution is -2.21. The molecule has 1 unspecified atom stereocenters. The molecule has 0 aromatic rings. The Balaban J connectivity index is 3.37. The largest absolute Gasteiger partial charge is 0.481 e. The van der Waals surface area contributed by atoms with E-state index in [0.29, 0.717) is 12.8 Å². The van der Waals surface area contributed by atoms with Crippen LogP contribution < -0.4 is 0 Å². The molecule has 1 N–H and O–H groups in total. The molecule has 0 saturated heterocycles. The molecule has 4 nitrogen and oxygen atoms in total. The molecule has 0 amide bonds. The minimum atomic E-state index is -0.906. The lowest BCUT2D eigenvalue weighted by molar-refractivity contribution is -0.153. The molecule has 0 radical (unpaired) electrons. The third-order valence-electron chi connectivity index (χ3n) is 5.95. The van der Waals surface area contributed by atoms with E-state index < -0.39 is 12.1 Å². The second-order valence-electron chi connectivity index (χ2n) is 9.25.